The van der Waals surface area contributed by atoms with Gasteiger partial charge in [0.25, 0.3) is 0 Å². The maximum Gasteiger partial charge on any atom is 0.240 e. The van der Waals surface area contributed by atoms with E-state index in [0.29, 0.717) is 22.0 Å². The normalized spacial score (nSPS) is 15.0. The first kappa shape index (κ1) is 18.7. The van der Waals surface area contributed by atoms with E-state index in [4.69, 9.17) is 28.9 Å². The predicted octanol–water partition coefficient (Wildman–Crippen LogP) is 2.43. The molecule has 0 fully saturated rings. The second-order valence-corrected chi connectivity index (χ2v) is 6.13. The fourth-order valence-electron chi connectivity index (χ4n) is 2.02. The summed E-state index contributed by atoms with van der Waals surface area (Å²) in [6.07, 6.45) is -0.585. The lowest BCUT2D eigenvalue weighted by atomic mass is 9.98. The maximum atomic E-state index is 12.0. The van der Waals surface area contributed by atoms with E-state index >= 15 is 0 Å². The van der Waals surface area contributed by atoms with Crippen molar-refractivity contribution in [2.24, 2.45) is 11.7 Å². The largest absolute Gasteiger partial charge is 0.388 e. The molecule has 4 N–H and O–H groups in total. The summed E-state index contributed by atoms with van der Waals surface area (Å²) in [6.45, 7) is 3.72. The van der Waals surface area contributed by atoms with Crippen LogP contribution in [0.4, 0.5) is 0 Å². The fraction of sp³-hybridized carbons (Fsp3) is 0.467. The molecule has 0 aliphatic rings. The number of nitrogens with two attached hydrogens (primary N) is 1. The Morgan fingerprint density at radius 3 is 2.27 bits per heavy atom. The topological polar surface area (TPSA) is 92.4 Å². The molecule has 0 saturated heterocycles. The molecule has 7 heteroatoms. The highest BCUT2D eigenvalue weighted by Crippen LogP contribution is 2.25. The first-order valence-electron chi connectivity index (χ1n) is 6.97. The second kappa shape index (κ2) is 8.36. The van der Waals surface area contributed by atoms with Gasteiger partial charge in [-0.05, 0) is 29.7 Å². The van der Waals surface area contributed by atoms with E-state index in [1.807, 2.05) is 13.8 Å². The summed E-state index contributed by atoms with van der Waals surface area (Å²) in [7, 11) is 0. The SMILES string of the molecule is CCC(C)C(NC(=O)CC(O)c1cc(Cl)cc(Cl)c1)C(N)=O. The second-order valence-electron chi connectivity index (χ2n) is 5.26. The van der Waals surface area contributed by atoms with Gasteiger partial charge in [0.2, 0.25) is 11.8 Å². The van der Waals surface area contributed by atoms with Crippen LogP contribution in [-0.4, -0.2) is 23.0 Å². The van der Waals surface area contributed by atoms with Gasteiger partial charge < -0.3 is 16.2 Å². The van der Waals surface area contributed by atoms with Crippen LogP contribution in [0, 0.1) is 5.92 Å². The lowest BCUT2D eigenvalue weighted by Crippen LogP contribution is -2.48. The Morgan fingerprint density at radius 1 is 1.27 bits per heavy atom. The zero-order chi connectivity index (χ0) is 16.9. The Kier molecular flexibility index (Phi) is 7.13. The van der Waals surface area contributed by atoms with Crippen molar-refractivity contribution in [3.05, 3.63) is 33.8 Å². The maximum absolute atomic E-state index is 12.0. The molecule has 0 aromatic heterocycles. The van der Waals surface area contributed by atoms with Gasteiger partial charge in [-0.15, -0.1) is 0 Å². The molecule has 0 bridgehead atoms. The van der Waals surface area contributed by atoms with Crippen molar-refractivity contribution in [2.45, 2.75) is 38.8 Å². The summed E-state index contributed by atoms with van der Waals surface area (Å²) in [4.78, 5) is 23.4. The number of amides is 2. The van der Waals surface area contributed by atoms with E-state index in [2.05, 4.69) is 5.32 Å². The molecule has 2 amide bonds. The monoisotopic (exact) mass is 346 g/mol. The highest BCUT2D eigenvalue weighted by molar-refractivity contribution is 6.34. The van der Waals surface area contributed by atoms with Crippen LogP contribution in [0.3, 0.4) is 0 Å². The molecule has 0 spiro atoms. The van der Waals surface area contributed by atoms with Crippen LogP contribution < -0.4 is 11.1 Å². The van der Waals surface area contributed by atoms with E-state index in [-0.39, 0.29) is 12.3 Å². The van der Waals surface area contributed by atoms with Crippen molar-refractivity contribution in [1.29, 1.82) is 0 Å². The van der Waals surface area contributed by atoms with E-state index in [1.165, 1.54) is 18.2 Å². The minimum atomic E-state index is -1.07. The van der Waals surface area contributed by atoms with Crippen LogP contribution in [0.15, 0.2) is 18.2 Å². The van der Waals surface area contributed by atoms with Crippen LogP contribution >= 0.6 is 23.2 Å². The summed E-state index contributed by atoms with van der Waals surface area (Å²) >= 11 is 11.7. The highest BCUT2D eigenvalue weighted by Gasteiger charge is 2.24. The van der Waals surface area contributed by atoms with Crippen molar-refractivity contribution >= 4 is 35.0 Å². The molecule has 1 rings (SSSR count). The summed E-state index contributed by atoms with van der Waals surface area (Å²) in [5.41, 5.74) is 5.73. The Balaban J connectivity index is 2.72. The average Bonchev–Trinajstić information content (AvgIpc) is 2.42. The van der Waals surface area contributed by atoms with Crippen molar-refractivity contribution in [2.75, 3.05) is 0 Å². The summed E-state index contributed by atoms with van der Waals surface area (Å²) in [5.74, 6) is -1.14. The third-order valence-electron chi connectivity index (χ3n) is 3.48. The average molecular weight is 347 g/mol. The number of hydrogen-bond acceptors (Lipinski definition) is 3. The van der Waals surface area contributed by atoms with Crippen LogP contribution in [0.25, 0.3) is 0 Å². The number of aliphatic hydroxyl groups excluding tert-OH is 1. The van der Waals surface area contributed by atoms with Crippen molar-refractivity contribution in [3.63, 3.8) is 0 Å². The quantitative estimate of drug-likeness (QED) is 0.707. The Bertz CT molecular complexity index is 531. The van der Waals surface area contributed by atoms with Gasteiger partial charge in [0, 0.05) is 10.0 Å². The predicted molar refractivity (Wildman–Crippen MR) is 86.6 cm³/mol. The molecule has 3 unspecified atom stereocenters. The molecule has 0 heterocycles. The minimum absolute atomic E-state index is 0.0841. The van der Waals surface area contributed by atoms with Gasteiger partial charge in [-0.3, -0.25) is 9.59 Å². The van der Waals surface area contributed by atoms with Crippen LogP contribution in [0.1, 0.15) is 38.4 Å². The van der Waals surface area contributed by atoms with Gasteiger partial charge in [-0.25, -0.2) is 0 Å². The lowest BCUT2D eigenvalue weighted by Gasteiger charge is -2.22. The Hall–Kier alpha value is -1.30. The molecule has 22 heavy (non-hydrogen) atoms. The molecule has 0 aliphatic heterocycles. The van der Waals surface area contributed by atoms with Gasteiger partial charge in [0.05, 0.1) is 12.5 Å². The number of aliphatic hydroxyl groups is 1. The minimum Gasteiger partial charge on any atom is -0.388 e. The zero-order valence-corrected chi connectivity index (χ0v) is 14.0. The van der Waals surface area contributed by atoms with Crippen LogP contribution in [-0.2, 0) is 9.59 Å². The van der Waals surface area contributed by atoms with Gasteiger partial charge in [-0.2, -0.15) is 0 Å². The number of rotatable bonds is 7. The van der Waals surface area contributed by atoms with Gasteiger partial charge >= 0.3 is 0 Å². The number of carbonyl (C=O) groups excluding carboxylic acids is 2. The molecular formula is C15H20Cl2N2O3. The molecule has 0 radical (unpaired) electrons. The number of nitrogens with one attached hydrogen (secondary N) is 1. The molecule has 122 valence electrons. The van der Waals surface area contributed by atoms with E-state index in [0.717, 1.165) is 0 Å². The Labute approximate surface area is 139 Å². The molecule has 3 atom stereocenters. The smallest absolute Gasteiger partial charge is 0.240 e. The number of halogens is 2. The van der Waals surface area contributed by atoms with Crippen LogP contribution in [0.2, 0.25) is 10.0 Å². The zero-order valence-electron chi connectivity index (χ0n) is 12.5. The molecule has 1 aromatic carbocycles. The van der Waals surface area contributed by atoms with E-state index < -0.39 is 24.0 Å². The van der Waals surface area contributed by atoms with Crippen molar-refractivity contribution in [3.8, 4) is 0 Å². The summed E-state index contributed by atoms with van der Waals surface area (Å²) in [6, 6.07) is 3.84. The number of carbonyl (C=O) groups is 2. The van der Waals surface area contributed by atoms with Gasteiger partial charge in [-0.1, -0.05) is 43.5 Å². The van der Waals surface area contributed by atoms with Crippen molar-refractivity contribution < 1.29 is 14.7 Å². The fourth-order valence-corrected chi connectivity index (χ4v) is 2.57. The van der Waals surface area contributed by atoms with E-state index in [1.54, 1.807) is 0 Å². The van der Waals surface area contributed by atoms with E-state index in [9.17, 15) is 14.7 Å². The molecule has 0 aliphatic carbocycles. The number of benzene rings is 1. The number of hydrogen-bond donors (Lipinski definition) is 3. The molecule has 1 aromatic rings. The summed E-state index contributed by atoms with van der Waals surface area (Å²) < 4.78 is 0. The van der Waals surface area contributed by atoms with Gasteiger partial charge in [0.15, 0.2) is 0 Å². The lowest BCUT2D eigenvalue weighted by molar-refractivity contribution is -0.129. The van der Waals surface area contributed by atoms with Gasteiger partial charge in [0.1, 0.15) is 6.04 Å². The Morgan fingerprint density at radius 2 is 1.82 bits per heavy atom. The molecule has 5 nitrogen and oxygen atoms in total. The molecule has 0 saturated carbocycles. The third-order valence-corrected chi connectivity index (χ3v) is 3.92. The standard InChI is InChI=1S/C15H20Cl2N2O3/c1-3-8(2)14(15(18)22)19-13(21)7-12(20)9-4-10(16)6-11(17)5-9/h4-6,8,12,14,20H,3,7H2,1-2H3,(H2,18,22)(H,19,21). The first-order chi connectivity index (χ1) is 10.2. The first-order valence-corrected chi connectivity index (χ1v) is 7.72. The summed E-state index contributed by atoms with van der Waals surface area (Å²) in [5, 5.41) is 13.4. The van der Waals surface area contributed by atoms with Crippen LogP contribution in [0.5, 0.6) is 0 Å². The highest BCUT2D eigenvalue weighted by atomic mass is 35.5. The molecular weight excluding hydrogens is 327 g/mol. The number of primary amides is 1. The van der Waals surface area contributed by atoms with Crippen molar-refractivity contribution in [1.82, 2.24) is 5.32 Å². The third kappa shape index (κ3) is 5.48.